The normalized spacial score (nSPS) is 14.6. The van der Waals surface area contributed by atoms with Crippen molar-refractivity contribution in [2.45, 2.75) is 44.0 Å². The average molecular weight is 494 g/mol. The first-order chi connectivity index (χ1) is 16.2. The Morgan fingerprint density at radius 2 is 1.76 bits per heavy atom. The van der Waals surface area contributed by atoms with E-state index >= 15 is 0 Å². The molecule has 0 radical (unpaired) electrons. The fraction of sp³-hybridized carbons (Fsp3) is 0.455. The summed E-state index contributed by atoms with van der Waals surface area (Å²) in [6.45, 7) is 0.935. The van der Waals surface area contributed by atoms with Crippen LogP contribution in [-0.4, -0.2) is 81.7 Å². The van der Waals surface area contributed by atoms with Crippen molar-refractivity contribution in [3.8, 4) is 0 Å². The third-order valence-corrected chi connectivity index (χ3v) is 5.87. The summed E-state index contributed by atoms with van der Waals surface area (Å²) in [6.07, 6.45) is 2.53. The van der Waals surface area contributed by atoms with E-state index in [1.165, 1.54) is 18.7 Å². The van der Waals surface area contributed by atoms with Gasteiger partial charge in [0.05, 0.1) is 12.6 Å². The van der Waals surface area contributed by atoms with Crippen molar-refractivity contribution in [1.82, 2.24) is 20.9 Å². The number of benzene rings is 1. The molecule has 0 saturated heterocycles. The number of fused-ring (bicyclic) bond motifs is 1. The summed E-state index contributed by atoms with van der Waals surface area (Å²) < 4.78 is 0. The van der Waals surface area contributed by atoms with Crippen LogP contribution in [0.25, 0.3) is 10.9 Å². The minimum Gasteiger partial charge on any atom is -0.480 e. The van der Waals surface area contributed by atoms with E-state index in [9.17, 15) is 29.4 Å². The number of H-pyrrole nitrogens is 1. The number of para-hydroxylation sites is 1. The Bertz CT molecular complexity index is 1010. The standard InChI is InChI=1S/C22H31N5O6S/c1-12(28)19(27-18(29)10-23)21(31)26-17(20(30)25-16(22(32)33)7-8-34-2)9-13-11-24-15-6-4-3-5-14(13)15/h3-6,11-12,16-17,19,24,28H,7-10,23H2,1-2H3,(H,25,30)(H,26,31)(H,27,29)(H,32,33). The van der Waals surface area contributed by atoms with E-state index < -0.39 is 47.9 Å². The molecule has 0 bridgehead atoms. The van der Waals surface area contributed by atoms with Gasteiger partial charge in [-0.2, -0.15) is 11.8 Å². The summed E-state index contributed by atoms with van der Waals surface area (Å²) in [5.41, 5.74) is 6.85. The maximum absolute atomic E-state index is 13.1. The number of rotatable bonds is 13. The minimum atomic E-state index is -1.35. The molecule has 0 spiro atoms. The summed E-state index contributed by atoms with van der Waals surface area (Å²) in [6, 6.07) is 3.76. The predicted molar refractivity (Wildman–Crippen MR) is 129 cm³/mol. The summed E-state index contributed by atoms with van der Waals surface area (Å²) in [4.78, 5) is 52.4. The molecule has 4 unspecified atom stereocenters. The van der Waals surface area contributed by atoms with Gasteiger partial charge in [0.15, 0.2) is 0 Å². The van der Waals surface area contributed by atoms with Gasteiger partial charge in [-0.1, -0.05) is 18.2 Å². The van der Waals surface area contributed by atoms with Gasteiger partial charge >= 0.3 is 5.97 Å². The molecule has 0 fully saturated rings. The van der Waals surface area contributed by atoms with Gasteiger partial charge in [-0.3, -0.25) is 14.4 Å². The van der Waals surface area contributed by atoms with Crippen LogP contribution in [-0.2, 0) is 25.6 Å². The Kier molecular flexibility index (Phi) is 10.4. The van der Waals surface area contributed by atoms with Crippen molar-refractivity contribution < 1.29 is 29.4 Å². The quantitative estimate of drug-likeness (QED) is 0.192. The van der Waals surface area contributed by atoms with Gasteiger partial charge in [0, 0.05) is 23.5 Å². The molecular weight excluding hydrogens is 462 g/mol. The van der Waals surface area contributed by atoms with E-state index in [2.05, 4.69) is 20.9 Å². The monoisotopic (exact) mass is 493 g/mol. The van der Waals surface area contributed by atoms with Gasteiger partial charge in [0.1, 0.15) is 18.1 Å². The highest BCUT2D eigenvalue weighted by Gasteiger charge is 2.31. The van der Waals surface area contributed by atoms with Crippen LogP contribution < -0.4 is 21.7 Å². The summed E-state index contributed by atoms with van der Waals surface area (Å²) >= 11 is 1.45. The third-order valence-electron chi connectivity index (χ3n) is 5.22. The second-order valence-corrected chi connectivity index (χ2v) is 8.78. The Hall–Kier alpha value is -3.09. The molecule has 1 heterocycles. The molecular formula is C22H31N5O6S. The molecule has 11 nitrogen and oxygen atoms in total. The number of aliphatic carboxylic acids is 1. The van der Waals surface area contributed by atoms with Gasteiger partial charge in [0.25, 0.3) is 0 Å². The number of aliphatic hydroxyl groups is 1. The number of aromatic amines is 1. The summed E-state index contributed by atoms with van der Waals surface area (Å²) in [5, 5.41) is 27.7. The largest absolute Gasteiger partial charge is 0.480 e. The number of amides is 3. The third kappa shape index (κ3) is 7.47. The first-order valence-corrected chi connectivity index (χ1v) is 12.1. The van der Waals surface area contributed by atoms with Crippen LogP contribution in [0.15, 0.2) is 30.5 Å². The van der Waals surface area contributed by atoms with E-state index in [-0.39, 0.29) is 19.4 Å². The number of hydrogen-bond donors (Lipinski definition) is 7. The van der Waals surface area contributed by atoms with Gasteiger partial charge in [-0.15, -0.1) is 0 Å². The number of nitrogens with one attached hydrogen (secondary N) is 4. The Morgan fingerprint density at radius 3 is 2.38 bits per heavy atom. The lowest BCUT2D eigenvalue weighted by molar-refractivity contribution is -0.142. The van der Waals surface area contributed by atoms with E-state index in [1.54, 1.807) is 6.20 Å². The van der Waals surface area contributed by atoms with Crippen molar-refractivity contribution in [3.63, 3.8) is 0 Å². The van der Waals surface area contributed by atoms with Crippen LogP contribution in [0.5, 0.6) is 0 Å². The van der Waals surface area contributed by atoms with Crippen LogP contribution >= 0.6 is 11.8 Å². The average Bonchev–Trinajstić information content (AvgIpc) is 3.21. The number of thioether (sulfide) groups is 1. The number of aliphatic hydroxyl groups excluding tert-OH is 1. The van der Waals surface area contributed by atoms with Gasteiger partial charge < -0.3 is 36.9 Å². The molecule has 12 heteroatoms. The molecule has 2 rings (SSSR count). The molecule has 1 aromatic carbocycles. The molecule has 0 aliphatic carbocycles. The molecule has 0 aliphatic rings. The molecule has 3 amide bonds. The zero-order chi connectivity index (χ0) is 25.3. The Morgan fingerprint density at radius 1 is 1.09 bits per heavy atom. The summed E-state index contributed by atoms with van der Waals surface area (Å²) in [5.74, 6) is -2.81. The van der Waals surface area contributed by atoms with Crippen LogP contribution in [0, 0.1) is 0 Å². The number of carboxylic acids is 1. The lowest BCUT2D eigenvalue weighted by Crippen LogP contribution is -2.59. The van der Waals surface area contributed by atoms with Crippen LogP contribution in [0.1, 0.15) is 18.9 Å². The van der Waals surface area contributed by atoms with Crippen LogP contribution in [0.4, 0.5) is 0 Å². The second-order valence-electron chi connectivity index (χ2n) is 7.80. The number of carbonyl (C=O) groups excluding carboxylic acids is 3. The van der Waals surface area contributed by atoms with Crippen molar-refractivity contribution in [2.75, 3.05) is 18.6 Å². The minimum absolute atomic E-state index is 0.0494. The zero-order valence-electron chi connectivity index (χ0n) is 19.0. The number of carboxylic acid groups (broad SMARTS) is 1. The lowest BCUT2D eigenvalue weighted by atomic mass is 10.0. The first-order valence-electron chi connectivity index (χ1n) is 10.7. The molecule has 4 atom stereocenters. The molecule has 0 saturated carbocycles. The second kappa shape index (κ2) is 13.0. The SMILES string of the molecule is CSCCC(NC(=O)C(Cc1c[nH]c2ccccc12)NC(=O)C(NC(=O)CN)C(C)O)C(=O)O. The fourth-order valence-electron chi connectivity index (χ4n) is 3.39. The number of hydrogen-bond acceptors (Lipinski definition) is 7. The number of aromatic nitrogens is 1. The lowest BCUT2D eigenvalue weighted by Gasteiger charge is -2.25. The summed E-state index contributed by atoms with van der Waals surface area (Å²) in [7, 11) is 0. The molecule has 2 aromatic rings. The molecule has 186 valence electrons. The van der Waals surface area contributed by atoms with E-state index in [1.807, 2.05) is 30.5 Å². The maximum Gasteiger partial charge on any atom is 0.326 e. The smallest absolute Gasteiger partial charge is 0.326 e. The molecule has 0 aliphatic heterocycles. The highest BCUT2D eigenvalue weighted by Crippen LogP contribution is 2.19. The van der Waals surface area contributed by atoms with E-state index in [0.29, 0.717) is 5.75 Å². The van der Waals surface area contributed by atoms with Crippen molar-refractivity contribution in [1.29, 1.82) is 0 Å². The van der Waals surface area contributed by atoms with Gasteiger partial charge in [-0.05, 0) is 37.0 Å². The van der Waals surface area contributed by atoms with Crippen molar-refractivity contribution in [2.24, 2.45) is 5.73 Å². The Labute approximate surface area is 201 Å². The van der Waals surface area contributed by atoms with Crippen molar-refractivity contribution in [3.05, 3.63) is 36.0 Å². The number of carbonyl (C=O) groups is 4. The van der Waals surface area contributed by atoms with Gasteiger partial charge in [0.2, 0.25) is 17.7 Å². The predicted octanol–water partition coefficient (Wildman–Crippen LogP) is -0.658. The topological polar surface area (TPSA) is 187 Å². The molecule has 1 aromatic heterocycles. The first kappa shape index (κ1) is 27.2. The molecule has 8 N–H and O–H groups in total. The zero-order valence-corrected chi connectivity index (χ0v) is 19.9. The van der Waals surface area contributed by atoms with Crippen LogP contribution in [0.3, 0.4) is 0 Å². The highest BCUT2D eigenvalue weighted by atomic mass is 32.2. The van der Waals surface area contributed by atoms with E-state index in [0.717, 1.165) is 16.5 Å². The van der Waals surface area contributed by atoms with Crippen molar-refractivity contribution >= 4 is 46.4 Å². The Balaban J connectivity index is 2.30. The maximum atomic E-state index is 13.1. The van der Waals surface area contributed by atoms with Crippen LogP contribution in [0.2, 0.25) is 0 Å². The highest BCUT2D eigenvalue weighted by molar-refractivity contribution is 7.98. The van der Waals surface area contributed by atoms with E-state index in [4.69, 9.17) is 5.73 Å². The fourth-order valence-corrected chi connectivity index (χ4v) is 3.87. The molecule has 34 heavy (non-hydrogen) atoms. The number of nitrogens with two attached hydrogens (primary N) is 1. The van der Waals surface area contributed by atoms with Gasteiger partial charge in [-0.25, -0.2) is 4.79 Å².